The number of pyridine rings is 1. The molecule has 1 aliphatic rings. The Morgan fingerprint density at radius 1 is 1.20 bits per heavy atom. The fourth-order valence-electron chi connectivity index (χ4n) is 2.73. The van der Waals surface area contributed by atoms with Crippen LogP contribution in [0, 0.1) is 4.64 Å². The molecule has 0 radical (unpaired) electrons. The molecule has 0 spiro atoms. The van der Waals surface area contributed by atoms with Crippen LogP contribution in [-0.2, 0) is 0 Å². The molecule has 20 heavy (non-hydrogen) atoms. The summed E-state index contributed by atoms with van der Waals surface area (Å²) in [6.45, 7) is 0.814. The van der Waals surface area contributed by atoms with E-state index in [1.165, 1.54) is 0 Å². The van der Waals surface area contributed by atoms with E-state index in [-0.39, 0.29) is 11.9 Å². The molecule has 1 aliphatic heterocycles. The van der Waals surface area contributed by atoms with Crippen molar-refractivity contribution in [2.45, 2.75) is 18.9 Å². The number of amides is 1. The molecule has 0 unspecified atom stereocenters. The maximum absolute atomic E-state index is 12.6. The summed E-state index contributed by atoms with van der Waals surface area (Å²) in [5.41, 5.74) is 1.88. The zero-order valence-corrected chi connectivity index (χ0v) is 11.9. The number of likely N-dealkylation sites (tertiary alicyclic amines) is 1. The van der Waals surface area contributed by atoms with Gasteiger partial charge in [-0.25, -0.2) is 0 Å². The molecule has 1 N–H and O–H groups in total. The van der Waals surface area contributed by atoms with Crippen LogP contribution < -0.4 is 0 Å². The highest BCUT2D eigenvalue weighted by molar-refractivity contribution is 7.71. The standard InChI is InChI=1S/C16H16N2OS/c19-16(12-5-2-1-3-6-12)18-10-4-7-14(18)13-8-9-15(20)17-11-13/h1-3,5-6,8-9,11,14H,4,7,10H2,(H,17,20)/t14-/m0/s1. The third kappa shape index (κ3) is 2.51. The van der Waals surface area contributed by atoms with Gasteiger partial charge in [-0.15, -0.1) is 0 Å². The first-order valence-corrected chi connectivity index (χ1v) is 7.21. The van der Waals surface area contributed by atoms with E-state index < -0.39 is 0 Å². The number of benzene rings is 1. The molecule has 4 heteroatoms. The highest BCUT2D eigenvalue weighted by atomic mass is 32.1. The van der Waals surface area contributed by atoms with Gasteiger partial charge in [0.15, 0.2) is 0 Å². The molecule has 102 valence electrons. The molecule has 1 fully saturated rings. The van der Waals surface area contributed by atoms with Crippen LogP contribution in [0.5, 0.6) is 0 Å². The summed E-state index contributed by atoms with van der Waals surface area (Å²) < 4.78 is 0.715. The summed E-state index contributed by atoms with van der Waals surface area (Å²) in [6.07, 6.45) is 3.96. The Balaban J connectivity index is 1.87. The van der Waals surface area contributed by atoms with Crippen molar-refractivity contribution >= 4 is 18.1 Å². The van der Waals surface area contributed by atoms with Crippen molar-refractivity contribution < 1.29 is 4.79 Å². The first-order valence-electron chi connectivity index (χ1n) is 6.80. The fourth-order valence-corrected chi connectivity index (χ4v) is 2.86. The van der Waals surface area contributed by atoms with Gasteiger partial charge >= 0.3 is 0 Å². The summed E-state index contributed by atoms with van der Waals surface area (Å²) in [6, 6.07) is 13.5. The molecule has 2 aromatic rings. The van der Waals surface area contributed by atoms with Gasteiger partial charge in [-0.1, -0.05) is 36.5 Å². The van der Waals surface area contributed by atoms with Crippen molar-refractivity contribution in [3.05, 3.63) is 64.4 Å². The predicted octanol–water partition coefficient (Wildman–Crippen LogP) is 3.72. The van der Waals surface area contributed by atoms with Crippen LogP contribution in [0.15, 0.2) is 48.7 Å². The summed E-state index contributed by atoms with van der Waals surface area (Å²) >= 11 is 5.07. The molecule has 1 aromatic carbocycles. The molecule has 2 heterocycles. The fraction of sp³-hybridized carbons (Fsp3) is 0.250. The molecular formula is C16H16N2OS. The number of rotatable bonds is 2. The Morgan fingerprint density at radius 2 is 2.00 bits per heavy atom. The molecule has 3 nitrogen and oxygen atoms in total. The Hall–Kier alpha value is -1.94. The quantitative estimate of drug-likeness (QED) is 0.853. The topological polar surface area (TPSA) is 36.1 Å². The van der Waals surface area contributed by atoms with Crippen molar-refractivity contribution in [3.63, 3.8) is 0 Å². The number of H-pyrrole nitrogens is 1. The summed E-state index contributed by atoms with van der Waals surface area (Å²) in [5.74, 6) is 0.107. The van der Waals surface area contributed by atoms with Gasteiger partial charge in [-0.3, -0.25) is 4.79 Å². The number of aromatic nitrogens is 1. The summed E-state index contributed by atoms with van der Waals surface area (Å²) in [5, 5.41) is 0. The molecule has 1 saturated heterocycles. The minimum atomic E-state index is 0.107. The van der Waals surface area contributed by atoms with Gasteiger partial charge in [0, 0.05) is 18.3 Å². The Kier molecular flexibility index (Phi) is 3.65. The molecule has 3 rings (SSSR count). The van der Waals surface area contributed by atoms with Gasteiger partial charge < -0.3 is 9.88 Å². The third-order valence-electron chi connectivity index (χ3n) is 3.73. The lowest BCUT2D eigenvalue weighted by Crippen LogP contribution is -2.30. The smallest absolute Gasteiger partial charge is 0.254 e. The van der Waals surface area contributed by atoms with E-state index in [0.717, 1.165) is 30.5 Å². The lowest BCUT2D eigenvalue weighted by atomic mass is 10.1. The average Bonchev–Trinajstić information content (AvgIpc) is 2.97. The number of carbonyl (C=O) groups is 1. The van der Waals surface area contributed by atoms with Crippen molar-refractivity contribution in [1.82, 2.24) is 9.88 Å². The Morgan fingerprint density at radius 3 is 2.70 bits per heavy atom. The van der Waals surface area contributed by atoms with E-state index in [2.05, 4.69) is 4.98 Å². The molecule has 1 aromatic heterocycles. The second-order valence-electron chi connectivity index (χ2n) is 5.01. The minimum Gasteiger partial charge on any atom is -0.353 e. The molecular weight excluding hydrogens is 268 g/mol. The minimum absolute atomic E-state index is 0.107. The van der Waals surface area contributed by atoms with Crippen molar-refractivity contribution in [2.75, 3.05) is 6.54 Å². The van der Waals surface area contributed by atoms with E-state index in [1.807, 2.05) is 53.6 Å². The van der Waals surface area contributed by atoms with E-state index in [4.69, 9.17) is 12.2 Å². The average molecular weight is 284 g/mol. The number of hydrogen-bond donors (Lipinski definition) is 1. The van der Waals surface area contributed by atoms with Crippen LogP contribution in [-0.4, -0.2) is 22.3 Å². The predicted molar refractivity (Wildman–Crippen MR) is 81.1 cm³/mol. The van der Waals surface area contributed by atoms with Gasteiger partial charge in [0.25, 0.3) is 5.91 Å². The molecule has 0 bridgehead atoms. The maximum Gasteiger partial charge on any atom is 0.254 e. The second-order valence-corrected chi connectivity index (χ2v) is 5.45. The zero-order valence-electron chi connectivity index (χ0n) is 11.1. The number of carbonyl (C=O) groups excluding carboxylic acids is 1. The number of nitrogens with one attached hydrogen (secondary N) is 1. The van der Waals surface area contributed by atoms with E-state index in [0.29, 0.717) is 4.64 Å². The number of aromatic amines is 1. The van der Waals surface area contributed by atoms with Crippen molar-refractivity contribution in [3.8, 4) is 0 Å². The van der Waals surface area contributed by atoms with Crippen molar-refractivity contribution in [2.24, 2.45) is 0 Å². The van der Waals surface area contributed by atoms with Crippen LogP contribution >= 0.6 is 12.2 Å². The maximum atomic E-state index is 12.6. The molecule has 1 amide bonds. The van der Waals surface area contributed by atoms with Crippen LogP contribution in [0.25, 0.3) is 0 Å². The number of hydrogen-bond acceptors (Lipinski definition) is 2. The van der Waals surface area contributed by atoms with E-state index in [1.54, 1.807) is 0 Å². The van der Waals surface area contributed by atoms with Crippen LogP contribution in [0.4, 0.5) is 0 Å². The number of nitrogens with zero attached hydrogens (tertiary/aromatic N) is 1. The first-order chi connectivity index (χ1) is 9.75. The summed E-state index contributed by atoms with van der Waals surface area (Å²) in [7, 11) is 0. The largest absolute Gasteiger partial charge is 0.353 e. The monoisotopic (exact) mass is 284 g/mol. The van der Waals surface area contributed by atoms with Gasteiger partial charge in [0.1, 0.15) is 4.64 Å². The molecule has 0 aliphatic carbocycles. The van der Waals surface area contributed by atoms with Crippen LogP contribution in [0.2, 0.25) is 0 Å². The lowest BCUT2D eigenvalue weighted by molar-refractivity contribution is 0.0735. The van der Waals surface area contributed by atoms with Crippen molar-refractivity contribution in [1.29, 1.82) is 0 Å². The van der Waals surface area contributed by atoms with E-state index >= 15 is 0 Å². The van der Waals surface area contributed by atoms with Crippen LogP contribution in [0.3, 0.4) is 0 Å². The second kappa shape index (κ2) is 5.59. The van der Waals surface area contributed by atoms with E-state index in [9.17, 15) is 4.79 Å². The highest BCUT2D eigenvalue weighted by Crippen LogP contribution is 2.32. The molecule has 0 saturated carbocycles. The third-order valence-corrected chi connectivity index (χ3v) is 3.98. The van der Waals surface area contributed by atoms with Gasteiger partial charge in [-0.05, 0) is 36.6 Å². The van der Waals surface area contributed by atoms with Crippen LogP contribution in [0.1, 0.15) is 34.8 Å². The Labute approximate surface area is 123 Å². The zero-order chi connectivity index (χ0) is 13.9. The SMILES string of the molecule is O=C(c1ccccc1)N1CCC[C@H]1c1ccc(=S)[nH]c1. The van der Waals surface area contributed by atoms with Gasteiger partial charge in [0.05, 0.1) is 6.04 Å². The lowest BCUT2D eigenvalue weighted by Gasteiger charge is -2.25. The normalized spacial score (nSPS) is 18.2. The molecule has 1 atom stereocenters. The Bertz CT molecular complexity index is 645. The van der Waals surface area contributed by atoms with Gasteiger partial charge in [0.2, 0.25) is 0 Å². The summed E-state index contributed by atoms with van der Waals surface area (Å²) in [4.78, 5) is 17.6. The highest BCUT2D eigenvalue weighted by Gasteiger charge is 2.30. The van der Waals surface area contributed by atoms with Gasteiger partial charge in [-0.2, -0.15) is 0 Å². The first kappa shape index (κ1) is 13.1.